The van der Waals surface area contributed by atoms with Crippen molar-refractivity contribution in [3.8, 4) is 22.6 Å². The van der Waals surface area contributed by atoms with Gasteiger partial charge in [-0.15, -0.1) is 0 Å². The monoisotopic (exact) mass is 341 g/mol. The van der Waals surface area contributed by atoms with Gasteiger partial charge in [0, 0.05) is 35.5 Å². The highest BCUT2D eigenvalue weighted by molar-refractivity contribution is 5.62. The normalized spacial score (nSPS) is 10.8. The summed E-state index contributed by atoms with van der Waals surface area (Å²) in [5, 5.41) is 0. The summed E-state index contributed by atoms with van der Waals surface area (Å²) in [6, 6.07) is 19.4. The Morgan fingerprint density at radius 3 is 2.31 bits per heavy atom. The molecule has 4 rings (SSSR count). The van der Waals surface area contributed by atoms with Crippen LogP contribution in [-0.4, -0.2) is 14.1 Å². The summed E-state index contributed by atoms with van der Waals surface area (Å²) in [7, 11) is 0. The van der Waals surface area contributed by atoms with Gasteiger partial charge in [0.1, 0.15) is 5.69 Å². The smallest absolute Gasteiger partial charge is 0.279 e. The predicted molar refractivity (Wildman–Crippen MR) is 104 cm³/mol. The van der Waals surface area contributed by atoms with E-state index in [9.17, 15) is 4.79 Å². The lowest BCUT2D eigenvalue weighted by atomic mass is 10.1. The number of para-hydroxylation sites is 1. The maximum Gasteiger partial charge on any atom is 0.279 e. The van der Waals surface area contributed by atoms with Gasteiger partial charge in [-0.2, -0.15) is 0 Å². The molecule has 0 atom stereocenters. The van der Waals surface area contributed by atoms with Gasteiger partial charge >= 0.3 is 0 Å². The fraction of sp³-hybridized carbons (Fsp3) is 0.0909. The van der Waals surface area contributed by atoms with Crippen LogP contribution in [0.5, 0.6) is 0 Å². The molecule has 0 amide bonds. The minimum Gasteiger partial charge on any atom is -0.316 e. The molecule has 0 unspecified atom stereocenters. The lowest BCUT2D eigenvalue weighted by Gasteiger charge is -2.14. The van der Waals surface area contributed by atoms with Gasteiger partial charge < -0.3 is 4.57 Å². The van der Waals surface area contributed by atoms with Gasteiger partial charge in [0.05, 0.1) is 5.69 Å². The molecule has 4 heteroatoms. The summed E-state index contributed by atoms with van der Waals surface area (Å²) >= 11 is 0. The van der Waals surface area contributed by atoms with Crippen LogP contribution in [0.3, 0.4) is 0 Å². The Hall–Kier alpha value is -3.40. The number of aromatic nitrogens is 3. The Morgan fingerprint density at radius 1 is 0.885 bits per heavy atom. The standard InChI is InChI=1S/C22H19N3O/c1-16-11-13-24(17(16)2)21-14-18(20-10-6-7-12-23-20)15-25(22(21)26)19-8-4-3-5-9-19/h3-15H,1-2H3. The Morgan fingerprint density at radius 2 is 1.65 bits per heavy atom. The molecule has 0 saturated carbocycles. The Kier molecular flexibility index (Phi) is 4.01. The number of hydrogen-bond donors (Lipinski definition) is 0. The van der Waals surface area contributed by atoms with Crippen LogP contribution in [0.15, 0.2) is 84.0 Å². The molecule has 0 radical (unpaired) electrons. The number of hydrogen-bond acceptors (Lipinski definition) is 2. The first-order valence-corrected chi connectivity index (χ1v) is 8.53. The van der Waals surface area contributed by atoms with Crippen LogP contribution < -0.4 is 5.56 Å². The van der Waals surface area contributed by atoms with Crippen LogP contribution in [0.25, 0.3) is 22.6 Å². The van der Waals surface area contributed by atoms with Crippen molar-refractivity contribution in [2.24, 2.45) is 0 Å². The van der Waals surface area contributed by atoms with E-state index in [0.717, 1.165) is 28.2 Å². The zero-order valence-electron chi connectivity index (χ0n) is 14.8. The lowest BCUT2D eigenvalue weighted by Crippen LogP contribution is -2.23. The fourth-order valence-electron chi connectivity index (χ4n) is 3.06. The number of rotatable bonds is 3. The summed E-state index contributed by atoms with van der Waals surface area (Å²) in [6.45, 7) is 4.07. The highest BCUT2D eigenvalue weighted by Crippen LogP contribution is 2.21. The summed E-state index contributed by atoms with van der Waals surface area (Å²) < 4.78 is 3.64. The van der Waals surface area contributed by atoms with Gasteiger partial charge in [-0.1, -0.05) is 24.3 Å². The Bertz CT molecular complexity index is 1110. The van der Waals surface area contributed by atoms with E-state index in [2.05, 4.69) is 4.98 Å². The van der Waals surface area contributed by atoms with Crippen molar-refractivity contribution in [2.75, 3.05) is 0 Å². The van der Waals surface area contributed by atoms with Crippen LogP contribution in [0.2, 0.25) is 0 Å². The molecule has 0 aliphatic rings. The van der Waals surface area contributed by atoms with Gasteiger partial charge in [0.15, 0.2) is 0 Å². The third kappa shape index (κ3) is 2.75. The van der Waals surface area contributed by atoms with E-state index in [0.29, 0.717) is 5.69 Å². The summed E-state index contributed by atoms with van der Waals surface area (Å²) in [5.41, 5.74) is 5.32. The van der Waals surface area contributed by atoms with Crippen molar-refractivity contribution >= 4 is 0 Å². The molecule has 0 spiro atoms. The van der Waals surface area contributed by atoms with E-state index >= 15 is 0 Å². The van der Waals surface area contributed by atoms with Gasteiger partial charge in [0.2, 0.25) is 0 Å². The third-order valence-electron chi connectivity index (χ3n) is 4.66. The van der Waals surface area contributed by atoms with Gasteiger partial charge in [0.25, 0.3) is 5.56 Å². The SMILES string of the molecule is Cc1ccn(-c2cc(-c3ccccn3)cn(-c3ccccc3)c2=O)c1C. The van der Waals surface area contributed by atoms with E-state index in [4.69, 9.17) is 0 Å². The van der Waals surface area contributed by atoms with E-state index in [-0.39, 0.29) is 5.56 Å². The average molecular weight is 341 g/mol. The molecule has 26 heavy (non-hydrogen) atoms. The molecule has 128 valence electrons. The van der Waals surface area contributed by atoms with Gasteiger partial charge in [-0.05, 0) is 55.8 Å². The topological polar surface area (TPSA) is 39.8 Å². The van der Waals surface area contributed by atoms with E-state index in [1.54, 1.807) is 10.8 Å². The second-order valence-electron chi connectivity index (χ2n) is 6.29. The molecule has 0 aliphatic heterocycles. The van der Waals surface area contributed by atoms with Crippen molar-refractivity contribution in [3.63, 3.8) is 0 Å². The maximum atomic E-state index is 13.2. The number of pyridine rings is 2. The largest absolute Gasteiger partial charge is 0.316 e. The van der Waals surface area contributed by atoms with Crippen molar-refractivity contribution < 1.29 is 0 Å². The first-order valence-electron chi connectivity index (χ1n) is 8.53. The van der Waals surface area contributed by atoms with Crippen LogP contribution >= 0.6 is 0 Å². The van der Waals surface area contributed by atoms with E-state index in [1.165, 1.54) is 0 Å². The molecular weight excluding hydrogens is 322 g/mol. The van der Waals surface area contributed by atoms with Crippen molar-refractivity contribution in [3.05, 3.63) is 101 Å². The lowest BCUT2D eigenvalue weighted by molar-refractivity contribution is 0.917. The average Bonchev–Trinajstić information content (AvgIpc) is 3.02. The van der Waals surface area contributed by atoms with Crippen LogP contribution in [0, 0.1) is 13.8 Å². The molecule has 0 saturated heterocycles. The quantitative estimate of drug-likeness (QED) is 0.557. The van der Waals surface area contributed by atoms with Crippen molar-refractivity contribution in [1.29, 1.82) is 0 Å². The zero-order chi connectivity index (χ0) is 18.1. The predicted octanol–water partition coefficient (Wildman–Crippen LogP) is 4.31. The Labute approximate surface area is 152 Å². The molecule has 4 nitrogen and oxygen atoms in total. The van der Waals surface area contributed by atoms with Crippen molar-refractivity contribution in [1.82, 2.24) is 14.1 Å². The first-order chi connectivity index (χ1) is 12.6. The second kappa shape index (κ2) is 6.48. The van der Waals surface area contributed by atoms with Crippen molar-refractivity contribution in [2.45, 2.75) is 13.8 Å². The number of nitrogens with zero attached hydrogens (tertiary/aromatic N) is 3. The molecule has 0 bridgehead atoms. The molecule has 1 aromatic carbocycles. The maximum absolute atomic E-state index is 13.2. The Balaban J connectivity index is 2.02. The molecule has 4 aromatic rings. The molecule has 0 fully saturated rings. The highest BCUT2D eigenvalue weighted by atomic mass is 16.1. The van der Waals surface area contributed by atoms with Crippen LogP contribution in [0.1, 0.15) is 11.3 Å². The van der Waals surface area contributed by atoms with Gasteiger partial charge in [-0.3, -0.25) is 14.3 Å². The minimum absolute atomic E-state index is 0.0606. The molecule has 3 heterocycles. The fourth-order valence-corrected chi connectivity index (χ4v) is 3.06. The second-order valence-corrected chi connectivity index (χ2v) is 6.29. The summed E-state index contributed by atoms with van der Waals surface area (Å²) in [4.78, 5) is 17.7. The summed E-state index contributed by atoms with van der Waals surface area (Å²) in [5.74, 6) is 0. The number of aryl methyl sites for hydroxylation is 1. The first kappa shape index (κ1) is 16.1. The molecule has 0 N–H and O–H groups in total. The van der Waals surface area contributed by atoms with Crippen LogP contribution in [0.4, 0.5) is 0 Å². The minimum atomic E-state index is -0.0606. The third-order valence-corrected chi connectivity index (χ3v) is 4.66. The van der Waals surface area contributed by atoms with E-state index < -0.39 is 0 Å². The molecular formula is C22H19N3O. The van der Waals surface area contributed by atoms with Crippen LogP contribution in [-0.2, 0) is 0 Å². The molecule has 0 aliphatic carbocycles. The zero-order valence-corrected chi connectivity index (χ0v) is 14.8. The van der Waals surface area contributed by atoms with Gasteiger partial charge in [-0.25, -0.2) is 0 Å². The molecule has 3 aromatic heterocycles. The van der Waals surface area contributed by atoms with E-state index in [1.807, 2.05) is 91.5 Å². The summed E-state index contributed by atoms with van der Waals surface area (Å²) in [6.07, 6.45) is 5.56. The highest BCUT2D eigenvalue weighted by Gasteiger charge is 2.13. The number of benzene rings is 1.